The molecule has 0 saturated carbocycles. The summed E-state index contributed by atoms with van der Waals surface area (Å²) in [6.45, 7) is 0.191. The Bertz CT molecular complexity index is 718. The van der Waals surface area contributed by atoms with Gasteiger partial charge in [0.1, 0.15) is 6.04 Å². The minimum Gasteiger partial charge on any atom is -0.325 e. The monoisotopic (exact) mass is 330 g/mol. The van der Waals surface area contributed by atoms with Crippen LogP contribution in [0, 0.1) is 0 Å². The van der Waals surface area contributed by atoms with Crippen LogP contribution >= 0.6 is 11.3 Å². The highest BCUT2D eigenvalue weighted by Crippen LogP contribution is 2.16. The summed E-state index contributed by atoms with van der Waals surface area (Å²) in [5.74, 6) is -0.756. The average molecular weight is 330 g/mol. The first-order valence-corrected chi connectivity index (χ1v) is 7.86. The second-order valence-corrected chi connectivity index (χ2v) is 5.90. The highest BCUT2D eigenvalue weighted by atomic mass is 32.1. The Balaban J connectivity index is 1.60. The molecule has 1 fully saturated rings. The Labute approximate surface area is 136 Å². The largest absolute Gasteiger partial charge is 0.325 e. The minimum atomic E-state index is -0.842. The molecule has 1 aliphatic rings. The number of benzene rings is 1. The number of hydrogen-bond acceptors (Lipinski definition) is 5. The van der Waals surface area contributed by atoms with E-state index in [0.29, 0.717) is 5.13 Å². The van der Waals surface area contributed by atoms with Gasteiger partial charge in [-0.3, -0.25) is 14.5 Å². The Morgan fingerprint density at radius 1 is 1.30 bits per heavy atom. The van der Waals surface area contributed by atoms with E-state index in [4.69, 9.17) is 0 Å². The van der Waals surface area contributed by atoms with Crippen molar-refractivity contribution in [2.24, 2.45) is 0 Å². The van der Waals surface area contributed by atoms with Crippen LogP contribution in [0.15, 0.2) is 41.9 Å². The molecule has 1 aromatic carbocycles. The molecule has 0 radical (unpaired) electrons. The Kier molecular flexibility index (Phi) is 4.33. The zero-order valence-electron chi connectivity index (χ0n) is 12.1. The van der Waals surface area contributed by atoms with Gasteiger partial charge in [0.15, 0.2) is 5.13 Å². The van der Waals surface area contributed by atoms with Crippen LogP contribution in [0.5, 0.6) is 0 Å². The van der Waals surface area contributed by atoms with E-state index in [9.17, 15) is 14.4 Å². The lowest BCUT2D eigenvalue weighted by Crippen LogP contribution is -2.34. The van der Waals surface area contributed by atoms with E-state index in [1.165, 1.54) is 11.3 Å². The smallest absolute Gasteiger partial charge is 0.325 e. The van der Waals surface area contributed by atoms with Crippen molar-refractivity contribution >= 4 is 34.3 Å². The van der Waals surface area contributed by atoms with Crippen LogP contribution in [0.1, 0.15) is 12.0 Å². The van der Waals surface area contributed by atoms with Crippen LogP contribution in [0.25, 0.3) is 0 Å². The molecule has 2 N–H and O–H groups in total. The number of amides is 4. The normalized spacial score (nSPS) is 17.2. The van der Waals surface area contributed by atoms with Crippen molar-refractivity contribution in [1.29, 1.82) is 0 Å². The molecule has 118 valence electrons. The SMILES string of the molecule is O=C(C[C@@H]1NC(=O)N(Cc2ccccc2)C1=O)Nc1nccs1. The first-order valence-electron chi connectivity index (χ1n) is 6.98. The van der Waals surface area contributed by atoms with Crippen LogP contribution in [0.2, 0.25) is 0 Å². The van der Waals surface area contributed by atoms with Gasteiger partial charge in [-0.25, -0.2) is 9.78 Å². The van der Waals surface area contributed by atoms with E-state index in [1.807, 2.05) is 30.3 Å². The second kappa shape index (κ2) is 6.57. The summed E-state index contributed by atoms with van der Waals surface area (Å²) in [6.07, 6.45) is 1.46. The number of hydrogen-bond donors (Lipinski definition) is 2. The summed E-state index contributed by atoms with van der Waals surface area (Å²) >= 11 is 1.29. The molecule has 23 heavy (non-hydrogen) atoms. The van der Waals surface area contributed by atoms with Crippen LogP contribution < -0.4 is 10.6 Å². The van der Waals surface area contributed by atoms with Gasteiger partial charge in [0.25, 0.3) is 5.91 Å². The van der Waals surface area contributed by atoms with Gasteiger partial charge < -0.3 is 10.6 Å². The molecule has 1 aromatic heterocycles. The van der Waals surface area contributed by atoms with Gasteiger partial charge in [-0.2, -0.15) is 0 Å². The molecular formula is C15H14N4O3S. The highest BCUT2D eigenvalue weighted by Gasteiger charge is 2.38. The number of anilines is 1. The Morgan fingerprint density at radius 3 is 2.78 bits per heavy atom. The van der Waals surface area contributed by atoms with Gasteiger partial charge in [0.05, 0.1) is 13.0 Å². The van der Waals surface area contributed by atoms with Gasteiger partial charge >= 0.3 is 6.03 Å². The number of imide groups is 1. The van der Waals surface area contributed by atoms with Gasteiger partial charge in [0.2, 0.25) is 5.91 Å². The van der Waals surface area contributed by atoms with E-state index in [-0.39, 0.29) is 18.9 Å². The molecular weight excluding hydrogens is 316 g/mol. The quantitative estimate of drug-likeness (QED) is 0.815. The number of nitrogens with zero attached hydrogens (tertiary/aromatic N) is 2. The fourth-order valence-electron chi connectivity index (χ4n) is 2.27. The lowest BCUT2D eigenvalue weighted by Gasteiger charge is -2.12. The predicted molar refractivity (Wildman–Crippen MR) is 84.7 cm³/mol. The van der Waals surface area contributed by atoms with Crippen LogP contribution in [-0.4, -0.2) is 33.8 Å². The van der Waals surface area contributed by atoms with E-state index < -0.39 is 18.0 Å². The average Bonchev–Trinajstić information content (AvgIpc) is 3.12. The van der Waals surface area contributed by atoms with Crippen molar-refractivity contribution in [1.82, 2.24) is 15.2 Å². The summed E-state index contributed by atoms with van der Waals surface area (Å²) in [5.41, 5.74) is 0.851. The Hall–Kier alpha value is -2.74. The predicted octanol–water partition coefficient (Wildman–Crippen LogP) is 1.59. The molecule has 1 aliphatic heterocycles. The van der Waals surface area contributed by atoms with Gasteiger partial charge in [-0.05, 0) is 5.56 Å². The van der Waals surface area contributed by atoms with Crippen LogP contribution in [-0.2, 0) is 16.1 Å². The highest BCUT2D eigenvalue weighted by molar-refractivity contribution is 7.13. The molecule has 1 atom stereocenters. The van der Waals surface area contributed by atoms with E-state index in [2.05, 4.69) is 15.6 Å². The maximum atomic E-state index is 12.3. The molecule has 0 aliphatic carbocycles. The van der Waals surface area contributed by atoms with Crippen molar-refractivity contribution in [3.63, 3.8) is 0 Å². The zero-order chi connectivity index (χ0) is 16.2. The number of thiazole rings is 1. The number of carbonyl (C=O) groups excluding carboxylic acids is 3. The summed E-state index contributed by atoms with van der Waals surface area (Å²) in [7, 11) is 0. The first-order chi connectivity index (χ1) is 11.1. The van der Waals surface area contributed by atoms with Gasteiger partial charge in [0, 0.05) is 11.6 Å². The summed E-state index contributed by atoms with van der Waals surface area (Å²) in [5, 5.41) is 7.34. The van der Waals surface area contributed by atoms with Crippen molar-refractivity contribution in [2.45, 2.75) is 19.0 Å². The van der Waals surface area contributed by atoms with E-state index >= 15 is 0 Å². The number of aromatic nitrogens is 1. The molecule has 0 spiro atoms. The molecule has 0 unspecified atom stereocenters. The molecule has 2 heterocycles. The fraction of sp³-hybridized carbons (Fsp3) is 0.200. The summed E-state index contributed by atoms with van der Waals surface area (Å²) < 4.78 is 0. The summed E-state index contributed by atoms with van der Waals surface area (Å²) in [4.78, 5) is 41.2. The third-order valence-corrected chi connectivity index (χ3v) is 4.05. The van der Waals surface area contributed by atoms with Gasteiger partial charge in [-0.1, -0.05) is 30.3 Å². The van der Waals surface area contributed by atoms with Gasteiger partial charge in [-0.15, -0.1) is 11.3 Å². The third kappa shape index (κ3) is 3.54. The summed E-state index contributed by atoms with van der Waals surface area (Å²) in [6, 6.07) is 7.89. The molecule has 8 heteroatoms. The number of nitrogens with one attached hydrogen (secondary N) is 2. The standard InChI is InChI=1S/C15H14N4O3S/c20-12(18-14-16-6-7-23-14)8-11-13(21)19(15(22)17-11)9-10-4-2-1-3-5-10/h1-7,11H,8-9H2,(H,17,22)(H,16,18,20)/t11-/m0/s1. The first kappa shape index (κ1) is 15.2. The van der Waals surface area contributed by atoms with Crippen molar-refractivity contribution in [3.05, 3.63) is 47.5 Å². The lowest BCUT2D eigenvalue weighted by atomic mass is 10.2. The molecule has 2 aromatic rings. The molecule has 4 amide bonds. The van der Waals surface area contributed by atoms with E-state index in [1.54, 1.807) is 11.6 Å². The Morgan fingerprint density at radius 2 is 2.09 bits per heavy atom. The van der Waals surface area contributed by atoms with Crippen molar-refractivity contribution < 1.29 is 14.4 Å². The third-order valence-electron chi connectivity index (χ3n) is 3.36. The molecule has 3 rings (SSSR count). The van der Waals surface area contributed by atoms with Crippen molar-refractivity contribution in [3.8, 4) is 0 Å². The van der Waals surface area contributed by atoms with E-state index in [0.717, 1.165) is 10.5 Å². The van der Waals surface area contributed by atoms with Crippen LogP contribution in [0.3, 0.4) is 0 Å². The zero-order valence-corrected chi connectivity index (χ0v) is 12.9. The number of urea groups is 1. The number of rotatable bonds is 5. The molecule has 1 saturated heterocycles. The van der Waals surface area contributed by atoms with Crippen molar-refractivity contribution in [2.75, 3.05) is 5.32 Å². The second-order valence-electron chi connectivity index (χ2n) is 5.00. The molecule has 0 bridgehead atoms. The topological polar surface area (TPSA) is 91.4 Å². The molecule has 7 nitrogen and oxygen atoms in total. The minimum absolute atomic E-state index is 0.116. The lowest BCUT2D eigenvalue weighted by molar-refractivity contribution is -0.130. The fourth-order valence-corrected chi connectivity index (χ4v) is 2.82. The van der Waals surface area contributed by atoms with Crippen LogP contribution in [0.4, 0.5) is 9.93 Å². The maximum absolute atomic E-state index is 12.3. The maximum Gasteiger partial charge on any atom is 0.325 e. The number of carbonyl (C=O) groups is 3.